The molecule has 0 spiro atoms. The van der Waals surface area contributed by atoms with E-state index in [0.717, 1.165) is 42.7 Å². The minimum Gasteiger partial charge on any atom is -0.384 e. The molecule has 8 nitrogen and oxygen atoms in total. The van der Waals surface area contributed by atoms with Crippen LogP contribution in [-0.4, -0.2) is 36.7 Å². The first-order valence-corrected chi connectivity index (χ1v) is 9.03. The van der Waals surface area contributed by atoms with E-state index in [1.807, 2.05) is 16.9 Å². The molecule has 3 aromatic heterocycles. The van der Waals surface area contributed by atoms with Gasteiger partial charge >= 0.3 is 0 Å². The fourth-order valence-electron chi connectivity index (χ4n) is 3.67. The van der Waals surface area contributed by atoms with Gasteiger partial charge in [0.05, 0.1) is 12.7 Å². The Hall–Kier alpha value is -3.26. The van der Waals surface area contributed by atoms with Gasteiger partial charge in [-0.1, -0.05) is 18.2 Å². The monoisotopic (exact) mass is 360 g/mol. The van der Waals surface area contributed by atoms with Crippen LogP contribution in [-0.2, 0) is 25.9 Å². The molecule has 0 atom stereocenters. The lowest BCUT2D eigenvalue weighted by Gasteiger charge is -2.17. The van der Waals surface area contributed by atoms with Crippen LogP contribution in [0.4, 0.5) is 5.82 Å². The number of nitrogens with two attached hydrogens (primary N) is 1. The van der Waals surface area contributed by atoms with Crippen molar-refractivity contribution >= 4 is 17.0 Å². The number of pyridine rings is 1. The third-order valence-corrected chi connectivity index (χ3v) is 4.97. The molecule has 0 saturated carbocycles. The van der Waals surface area contributed by atoms with Gasteiger partial charge in [-0.3, -0.25) is 4.68 Å². The first-order valence-electron chi connectivity index (χ1n) is 9.03. The zero-order valence-corrected chi connectivity index (χ0v) is 14.8. The van der Waals surface area contributed by atoms with Crippen LogP contribution >= 0.6 is 0 Å². The molecule has 0 unspecified atom stereocenters. The number of aromatic nitrogens is 6. The molecule has 1 aliphatic heterocycles. The van der Waals surface area contributed by atoms with Crippen molar-refractivity contribution in [2.75, 3.05) is 12.3 Å². The van der Waals surface area contributed by atoms with Crippen LogP contribution in [0.3, 0.4) is 0 Å². The second kappa shape index (κ2) is 6.48. The maximum atomic E-state index is 5.88. The molecule has 1 aliphatic rings. The van der Waals surface area contributed by atoms with Gasteiger partial charge in [0, 0.05) is 19.2 Å². The summed E-state index contributed by atoms with van der Waals surface area (Å²) < 4.78 is 1.97. The van der Waals surface area contributed by atoms with Crippen molar-refractivity contribution < 1.29 is 0 Å². The molecular weight excluding hydrogens is 340 g/mol. The number of benzene rings is 1. The lowest BCUT2D eigenvalue weighted by molar-refractivity contribution is 0.639. The Morgan fingerprint density at radius 3 is 3.04 bits per heavy atom. The maximum absolute atomic E-state index is 5.88. The summed E-state index contributed by atoms with van der Waals surface area (Å²) in [6.07, 6.45) is 5.74. The largest absolute Gasteiger partial charge is 0.384 e. The first kappa shape index (κ1) is 16.0. The van der Waals surface area contributed by atoms with Crippen molar-refractivity contribution in [3.63, 3.8) is 0 Å². The summed E-state index contributed by atoms with van der Waals surface area (Å²) in [7, 11) is 0. The van der Waals surface area contributed by atoms with Crippen LogP contribution < -0.4 is 11.1 Å². The van der Waals surface area contributed by atoms with Crippen molar-refractivity contribution in [3.8, 4) is 0 Å². The molecule has 0 amide bonds. The molecule has 4 N–H and O–H groups in total. The van der Waals surface area contributed by atoms with Crippen molar-refractivity contribution in [1.29, 1.82) is 0 Å². The number of anilines is 1. The molecule has 8 heteroatoms. The van der Waals surface area contributed by atoms with Gasteiger partial charge in [0.1, 0.15) is 11.3 Å². The SMILES string of the molecule is Nc1cc(Cc2cnn(Cc3ccc4c(c3)CCNC4)c2)c2n[nH]nc2n1. The highest BCUT2D eigenvalue weighted by atomic mass is 15.3. The number of rotatable bonds is 4. The summed E-state index contributed by atoms with van der Waals surface area (Å²) in [5.41, 5.74) is 13.4. The topological polar surface area (TPSA) is 110 Å². The van der Waals surface area contributed by atoms with E-state index < -0.39 is 0 Å². The van der Waals surface area contributed by atoms with Crippen molar-refractivity contribution in [2.24, 2.45) is 0 Å². The van der Waals surface area contributed by atoms with Gasteiger partial charge < -0.3 is 11.1 Å². The van der Waals surface area contributed by atoms with E-state index in [1.165, 1.54) is 16.7 Å². The summed E-state index contributed by atoms with van der Waals surface area (Å²) in [5.74, 6) is 0.447. The molecule has 136 valence electrons. The van der Waals surface area contributed by atoms with Crippen LogP contribution in [0, 0.1) is 0 Å². The molecule has 0 saturated heterocycles. The fraction of sp³-hybridized carbons (Fsp3) is 0.263. The van der Waals surface area contributed by atoms with E-state index in [9.17, 15) is 0 Å². The summed E-state index contributed by atoms with van der Waals surface area (Å²) in [4.78, 5) is 4.18. The van der Waals surface area contributed by atoms with Crippen LogP contribution in [0.1, 0.15) is 27.8 Å². The average Bonchev–Trinajstić information content (AvgIpc) is 3.31. The molecular formula is C19H20N8. The number of nitrogen functional groups attached to an aromatic ring is 1. The zero-order valence-electron chi connectivity index (χ0n) is 14.8. The highest BCUT2D eigenvalue weighted by Crippen LogP contribution is 2.20. The Morgan fingerprint density at radius 1 is 1.11 bits per heavy atom. The second-order valence-corrected chi connectivity index (χ2v) is 6.95. The normalized spacial score (nSPS) is 13.8. The van der Waals surface area contributed by atoms with E-state index in [-0.39, 0.29) is 0 Å². The predicted octanol–water partition coefficient (Wildman–Crippen LogP) is 1.42. The highest BCUT2D eigenvalue weighted by Gasteiger charge is 2.12. The molecule has 0 radical (unpaired) electrons. The third-order valence-electron chi connectivity index (χ3n) is 4.97. The number of H-pyrrole nitrogens is 1. The highest BCUT2D eigenvalue weighted by molar-refractivity contribution is 5.76. The van der Waals surface area contributed by atoms with Gasteiger partial charge in [-0.2, -0.15) is 15.4 Å². The number of nitrogens with one attached hydrogen (secondary N) is 2. The smallest absolute Gasteiger partial charge is 0.203 e. The van der Waals surface area contributed by atoms with E-state index in [0.29, 0.717) is 17.9 Å². The van der Waals surface area contributed by atoms with Gasteiger partial charge in [0.2, 0.25) is 5.65 Å². The second-order valence-electron chi connectivity index (χ2n) is 6.95. The molecule has 5 rings (SSSR count). The third kappa shape index (κ3) is 3.15. The summed E-state index contributed by atoms with van der Waals surface area (Å²) >= 11 is 0. The molecule has 0 aliphatic carbocycles. The Labute approximate surface area is 155 Å². The van der Waals surface area contributed by atoms with Crippen molar-refractivity contribution in [1.82, 2.24) is 35.5 Å². The molecule has 0 fully saturated rings. The Bertz CT molecular complexity index is 1110. The standard InChI is InChI=1S/C19H20N8/c20-17-7-16(18-19(23-17)25-26-24-18)6-13-8-22-27(11-13)10-12-1-2-15-9-21-4-3-14(15)5-12/h1-2,5,7-8,11,21H,3-4,6,9-10H2,(H3,20,23,24,25,26). The summed E-state index contributed by atoms with van der Waals surface area (Å²) in [6.45, 7) is 2.78. The van der Waals surface area contributed by atoms with E-state index in [4.69, 9.17) is 5.73 Å². The van der Waals surface area contributed by atoms with Crippen LogP contribution in [0.2, 0.25) is 0 Å². The van der Waals surface area contributed by atoms with Gasteiger partial charge in [-0.25, -0.2) is 4.98 Å². The molecule has 4 heterocycles. The minimum atomic E-state index is 0.447. The first-order chi connectivity index (χ1) is 13.2. The predicted molar refractivity (Wildman–Crippen MR) is 102 cm³/mol. The lowest BCUT2D eigenvalue weighted by atomic mass is 9.98. The zero-order chi connectivity index (χ0) is 18.2. The average molecular weight is 360 g/mol. The van der Waals surface area contributed by atoms with E-state index in [2.05, 4.69) is 55.2 Å². The molecule has 27 heavy (non-hydrogen) atoms. The number of hydrogen-bond donors (Lipinski definition) is 3. The number of aromatic amines is 1. The van der Waals surface area contributed by atoms with Gasteiger partial charge in [-0.15, -0.1) is 5.10 Å². The quantitative estimate of drug-likeness (QED) is 0.508. The minimum absolute atomic E-state index is 0.447. The summed E-state index contributed by atoms with van der Waals surface area (Å²) in [6, 6.07) is 8.57. The van der Waals surface area contributed by atoms with Crippen LogP contribution in [0.25, 0.3) is 11.2 Å². The van der Waals surface area contributed by atoms with Crippen molar-refractivity contribution in [2.45, 2.75) is 25.9 Å². The number of hydrogen-bond acceptors (Lipinski definition) is 6. The van der Waals surface area contributed by atoms with Gasteiger partial charge in [-0.05, 0) is 46.8 Å². The fourth-order valence-corrected chi connectivity index (χ4v) is 3.67. The molecule has 0 bridgehead atoms. The molecule has 1 aromatic carbocycles. The van der Waals surface area contributed by atoms with Crippen LogP contribution in [0.5, 0.6) is 0 Å². The number of fused-ring (bicyclic) bond motifs is 2. The molecule has 4 aromatic rings. The lowest BCUT2D eigenvalue weighted by Crippen LogP contribution is -2.23. The van der Waals surface area contributed by atoms with Gasteiger partial charge in [0.25, 0.3) is 0 Å². The summed E-state index contributed by atoms with van der Waals surface area (Å²) in [5, 5.41) is 18.8. The van der Waals surface area contributed by atoms with E-state index in [1.54, 1.807) is 0 Å². The van der Waals surface area contributed by atoms with Gasteiger partial charge in [0.15, 0.2) is 0 Å². The van der Waals surface area contributed by atoms with Crippen LogP contribution in [0.15, 0.2) is 36.7 Å². The Balaban J connectivity index is 1.36. The number of nitrogens with zero attached hydrogens (tertiary/aromatic N) is 5. The Kier molecular flexibility index (Phi) is 3.83. The van der Waals surface area contributed by atoms with E-state index >= 15 is 0 Å². The maximum Gasteiger partial charge on any atom is 0.203 e. The Morgan fingerprint density at radius 2 is 2.07 bits per heavy atom. The van der Waals surface area contributed by atoms with Crippen molar-refractivity contribution in [3.05, 3.63) is 64.5 Å².